The summed E-state index contributed by atoms with van der Waals surface area (Å²) in [7, 11) is -3.88. The van der Waals surface area contributed by atoms with Crippen LogP contribution in [0.4, 0.5) is 4.79 Å². The molecule has 2 aromatic rings. The Bertz CT molecular complexity index is 1040. The third-order valence-electron chi connectivity index (χ3n) is 5.44. The van der Waals surface area contributed by atoms with Crippen molar-refractivity contribution in [3.05, 3.63) is 65.7 Å². The lowest BCUT2D eigenvalue weighted by Gasteiger charge is -2.30. The van der Waals surface area contributed by atoms with Crippen LogP contribution in [0, 0.1) is 12.3 Å². The number of fused-ring (bicyclic) bond motifs is 2. The largest absolute Gasteiger partial charge is 0.344 e. The van der Waals surface area contributed by atoms with Gasteiger partial charge in [0.05, 0.1) is 17.0 Å². The molecule has 0 aliphatic carbocycles. The van der Waals surface area contributed by atoms with E-state index in [0.29, 0.717) is 19.4 Å². The topological polar surface area (TPSA) is 103 Å². The van der Waals surface area contributed by atoms with Crippen LogP contribution in [0.25, 0.3) is 0 Å². The normalized spacial score (nSPS) is 21.0. The van der Waals surface area contributed by atoms with Gasteiger partial charge in [0.1, 0.15) is 12.4 Å². The van der Waals surface area contributed by atoms with E-state index in [0.717, 1.165) is 11.1 Å². The summed E-state index contributed by atoms with van der Waals surface area (Å²) < 4.78 is 27.6. The number of hydrogen-bond acceptors (Lipinski definition) is 5. The second kappa shape index (κ2) is 8.08. The molecule has 2 aliphatic rings. The van der Waals surface area contributed by atoms with Crippen LogP contribution in [0.15, 0.2) is 59.5 Å². The number of hydrogen-bond donors (Lipinski definition) is 2. The second-order valence-corrected chi connectivity index (χ2v) is 9.28. The Morgan fingerprint density at radius 1 is 1.13 bits per heavy atom. The summed E-state index contributed by atoms with van der Waals surface area (Å²) in [6.45, 7) is 2.56. The summed E-state index contributed by atoms with van der Waals surface area (Å²) in [6, 6.07) is 14.9. The Morgan fingerprint density at radius 3 is 2.53 bits per heavy atom. The first-order chi connectivity index (χ1) is 14.3. The number of amides is 2. The fourth-order valence-corrected chi connectivity index (χ4v) is 4.84. The maximum atomic E-state index is 12.8. The predicted molar refractivity (Wildman–Crippen MR) is 111 cm³/mol. The molecule has 4 rings (SSSR count). The number of sulfonamides is 1. The zero-order valence-electron chi connectivity index (χ0n) is 16.6. The minimum absolute atomic E-state index is 0.0899. The summed E-state index contributed by atoms with van der Waals surface area (Å²) in [4.78, 5) is 20.2. The van der Waals surface area contributed by atoms with Crippen LogP contribution >= 0.6 is 0 Å². The Balaban J connectivity index is 1.42. The Kier molecular flexibility index (Phi) is 5.48. The van der Waals surface area contributed by atoms with Crippen LogP contribution < -0.4 is 4.72 Å². The average molecular weight is 429 g/mol. The molecule has 2 aromatic carbocycles. The molecular formula is C21H24N4O4S. The van der Waals surface area contributed by atoms with E-state index >= 15 is 0 Å². The third-order valence-corrected chi connectivity index (χ3v) is 6.83. The number of aryl methyl sites for hydroxylation is 1. The molecule has 158 valence electrons. The molecule has 2 N–H and O–H groups in total. The number of rotatable bonds is 6. The molecule has 2 bridgehead atoms. The molecule has 0 saturated carbocycles. The molecule has 2 fully saturated rings. The lowest BCUT2D eigenvalue weighted by Crippen LogP contribution is -2.50. The number of nitrogens with one attached hydrogen (secondary N) is 2. The molecule has 2 aliphatic heterocycles. The van der Waals surface area contributed by atoms with Crippen LogP contribution in [-0.4, -0.2) is 48.9 Å². The second-order valence-electron chi connectivity index (χ2n) is 7.60. The van der Waals surface area contributed by atoms with E-state index < -0.39 is 16.1 Å². The van der Waals surface area contributed by atoms with E-state index in [1.807, 2.05) is 37.3 Å². The highest BCUT2D eigenvalue weighted by molar-refractivity contribution is 7.90. The number of urea groups is 1. The third kappa shape index (κ3) is 4.03. The Morgan fingerprint density at radius 2 is 1.83 bits per heavy atom. The van der Waals surface area contributed by atoms with E-state index in [-0.39, 0.29) is 29.4 Å². The van der Waals surface area contributed by atoms with Crippen molar-refractivity contribution in [1.29, 1.82) is 5.41 Å². The van der Waals surface area contributed by atoms with Gasteiger partial charge < -0.3 is 4.90 Å². The van der Waals surface area contributed by atoms with Gasteiger partial charge in [-0.3, -0.25) is 15.0 Å². The summed E-state index contributed by atoms with van der Waals surface area (Å²) >= 11 is 0. The van der Waals surface area contributed by atoms with Crippen molar-refractivity contribution in [2.75, 3.05) is 6.54 Å². The van der Waals surface area contributed by atoms with E-state index in [1.165, 1.54) is 22.1 Å². The van der Waals surface area contributed by atoms with Gasteiger partial charge in [-0.1, -0.05) is 48.0 Å². The fraction of sp³-hybridized carbons (Fsp3) is 0.333. The lowest BCUT2D eigenvalue weighted by molar-refractivity contribution is -0.140. The zero-order valence-corrected chi connectivity index (χ0v) is 17.4. The number of benzene rings is 2. The quantitative estimate of drug-likeness (QED) is 0.545. The summed E-state index contributed by atoms with van der Waals surface area (Å²) in [6.07, 6.45) is 1.13. The number of hydroxylamine groups is 2. The standard InChI is InChI=1S/C21H24N4O4S/c1-15-7-10-18(11-8-15)30(27,28)23-20(22)19-12-9-17-13-24(19)21(26)25(17)29-14-16-5-3-2-4-6-16/h2-8,10-11,17,19H,9,12-14H2,1H3,(H2,22,23)/t17-,19+/m1/s1. The maximum absolute atomic E-state index is 12.8. The number of amidine groups is 1. The minimum Gasteiger partial charge on any atom is -0.311 e. The molecule has 9 heteroatoms. The first-order valence-corrected chi connectivity index (χ1v) is 11.3. The van der Waals surface area contributed by atoms with Crippen molar-refractivity contribution in [3.63, 3.8) is 0 Å². The van der Waals surface area contributed by atoms with Gasteiger partial charge in [-0.05, 0) is 37.5 Å². The minimum atomic E-state index is -3.88. The maximum Gasteiger partial charge on any atom is 0.344 e. The van der Waals surface area contributed by atoms with Gasteiger partial charge in [-0.25, -0.2) is 13.2 Å². The highest BCUT2D eigenvalue weighted by atomic mass is 32.2. The molecule has 0 aromatic heterocycles. The zero-order chi connectivity index (χ0) is 21.3. The van der Waals surface area contributed by atoms with E-state index in [2.05, 4.69) is 4.72 Å². The molecule has 8 nitrogen and oxygen atoms in total. The van der Waals surface area contributed by atoms with Gasteiger partial charge in [-0.15, -0.1) is 0 Å². The molecule has 0 unspecified atom stereocenters. The highest BCUT2D eigenvalue weighted by Crippen LogP contribution is 2.31. The molecule has 0 radical (unpaired) electrons. The lowest BCUT2D eigenvalue weighted by atomic mass is 10.0. The smallest absolute Gasteiger partial charge is 0.311 e. The highest BCUT2D eigenvalue weighted by Gasteiger charge is 2.47. The molecule has 2 heterocycles. The van der Waals surface area contributed by atoms with Crippen LogP contribution in [0.3, 0.4) is 0 Å². The molecule has 2 saturated heterocycles. The molecular weight excluding hydrogens is 404 g/mol. The van der Waals surface area contributed by atoms with E-state index in [4.69, 9.17) is 10.2 Å². The van der Waals surface area contributed by atoms with Crippen molar-refractivity contribution in [1.82, 2.24) is 14.7 Å². The first-order valence-electron chi connectivity index (χ1n) is 9.80. The van der Waals surface area contributed by atoms with E-state index in [1.54, 1.807) is 12.1 Å². The van der Waals surface area contributed by atoms with Crippen molar-refractivity contribution in [2.45, 2.75) is 43.4 Å². The van der Waals surface area contributed by atoms with Crippen LogP contribution in [-0.2, 0) is 21.5 Å². The van der Waals surface area contributed by atoms with Crippen LogP contribution in [0.2, 0.25) is 0 Å². The molecule has 0 spiro atoms. The Labute approximate surface area is 176 Å². The van der Waals surface area contributed by atoms with Crippen molar-refractivity contribution >= 4 is 21.9 Å². The van der Waals surface area contributed by atoms with Crippen LogP contribution in [0.1, 0.15) is 24.0 Å². The molecule has 2 atom stereocenters. The number of carbonyl (C=O) groups excluding carboxylic acids is 1. The fourth-order valence-electron chi connectivity index (χ4n) is 3.81. The van der Waals surface area contributed by atoms with Gasteiger partial charge >= 0.3 is 6.03 Å². The van der Waals surface area contributed by atoms with Gasteiger partial charge in [0.2, 0.25) is 0 Å². The van der Waals surface area contributed by atoms with Gasteiger partial charge in [-0.2, -0.15) is 5.06 Å². The van der Waals surface area contributed by atoms with Crippen molar-refractivity contribution in [3.8, 4) is 0 Å². The van der Waals surface area contributed by atoms with Crippen molar-refractivity contribution < 1.29 is 18.0 Å². The Hall–Kier alpha value is -2.91. The summed E-state index contributed by atoms with van der Waals surface area (Å²) in [5.74, 6) is -0.202. The number of nitrogens with zero attached hydrogens (tertiary/aromatic N) is 2. The van der Waals surface area contributed by atoms with E-state index in [9.17, 15) is 13.2 Å². The first kappa shape index (κ1) is 20.4. The number of carbonyl (C=O) groups is 1. The molecule has 30 heavy (non-hydrogen) atoms. The van der Waals surface area contributed by atoms with Gasteiger partial charge in [0.15, 0.2) is 0 Å². The summed E-state index contributed by atoms with van der Waals surface area (Å²) in [5, 5.41) is 9.70. The van der Waals surface area contributed by atoms with Gasteiger partial charge in [0.25, 0.3) is 10.0 Å². The van der Waals surface area contributed by atoms with Crippen molar-refractivity contribution in [2.24, 2.45) is 0 Å². The summed E-state index contributed by atoms with van der Waals surface area (Å²) in [5.41, 5.74) is 1.90. The molecule has 2 amide bonds. The SMILES string of the molecule is Cc1ccc(S(=O)(=O)NC(=N)[C@@H]2CC[C@@H]3CN2C(=O)N3OCc2ccccc2)cc1. The monoisotopic (exact) mass is 428 g/mol. The van der Waals surface area contributed by atoms with Crippen LogP contribution in [0.5, 0.6) is 0 Å². The number of piperidine rings is 1. The average Bonchev–Trinajstić information content (AvgIpc) is 2.97. The predicted octanol–water partition coefficient (Wildman–Crippen LogP) is 2.65. The van der Waals surface area contributed by atoms with Gasteiger partial charge in [0, 0.05) is 6.54 Å².